The number of fused-ring (bicyclic) bond motifs is 3. The van der Waals surface area contributed by atoms with Crippen LogP contribution >= 0.6 is 0 Å². The molecular weight excluding hydrogens is 307 g/mol. The largest absolute Gasteiger partial charge is 0.480 e. The van der Waals surface area contributed by atoms with Crippen molar-refractivity contribution < 1.29 is 19.4 Å². The number of carboxylic acid groups (broad SMARTS) is 1. The number of hydrogen-bond acceptors (Lipinski definition) is 3. The average Bonchev–Trinajstić information content (AvgIpc) is 2.92. The zero-order valence-electron chi connectivity index (χ0n) is 13.6. The van der Waals surface area contributed by atoms with E-state index in [0.717, 1.165) is 27.2 Å². The molecule has 24 heavy (non-hydrogen) atoms. The molecule has 2 aromatic carbocycles. The maximum Gasteiger partial charge on any atom is 0.410 e. The number of aliphatic carboxylic acids is 1. The lowest BCUT2D eigenvalue weighted by Gasteiger charge is -2.22. The van der Waals surface area contributed by atoms with E-state index in [9.17, 15) is 9.59 Å². The predicted octanol–water partition coefficient (Wildman–Crippen LogP) is 3.34. The first kappa shape index (κ1) is 16.1. The molecule has 0 saturated heterocycles. The molecule has 0 aromatic heterocycles. The highest BCUT2D eigenvalue weighted by molar-refractivity contribution is 5.80. The van der Waals surface area contributed by atoms with Crippen LogP contribution in [-0.2, 0) is 9.53 Å². The number of benzene rings is 2. The van der Waals surface area contributed by atoms with Gasteiger partial charge in [-0.1, -0.05) is 48.5 Å². The summed E-state index contributed by atoms with van der Waals surface area (Å²) in [6.45, 7) is 1.63. The highest BCUT2D eigenvalue weighted by Gasteiger charge is 2.30. The molecule has 0 heterocycles. The Bertz CT molecular complexity index is 741. The van der Waals surface area contributed by atoms with Crippen LogP contribution in [0.2, 0.25) is 0 Å². The lowest BCUT2D eigenvalue weighted by Crippen LogP contribution is -2.40. The third-order valence-electron chi connectivity index (χ3n) is 4.56. The normalized spacial score (nSPS) is 13.8. The zero-order valence-corrected chi connectivity index (χ0v) is 13.6. The summed E-state index contributed by atoms with van der Waals surface area (Å²) >= 11 is 0. The maximum absolute atomic E-state index is 12.1. The third kappa shape index (κ3) is 2.73. The van der Waals surface area contributed by atoms with Crippen molar-refractivity contribution in [2.24, 2.45) is 0 Å². The summed E-state index contributed by atoms with van der Waals surface area (Å²) in [5, 5.41) is 8.99. The SMILES string of the molecule is C[C@@H](C(=O)O)N(C)[13C](=O)OCC1c2ccccc2-c2ccccc21. The first-order chi connectivity index (χ1) is 11.5. The number of carbonyl (C=O) groups is 2. The second kappa shape index (κ2) is 6.35. The Balaban J connectivity index is 1.79. The summed E-state index contributed by atoms with van der Waals surface area (Å²) in [7, 11) is 1.43. The van der Waals surface area contributed by atoms with Crippen LogP contribution in [0.25, 0.3) is 11.1 Å². The zero-order chi connectivity index (χ0) is 17.3. The van der Waals surface area contributed by atoms with Gasteiger partial charge in [0.1, 0.15) is 12.6 Å². The number of amides is 1. The molecule has 0 spiro atoms. The molecule has 0 radical (unpaired) electrons. The number of carbonyl (C=O) groups excluding carboxylic acids is 1. The van der Waals surface area contributed by atoms with Gasteiger partial charge in [0, 0.05) is 13.0 Å². The van der Waals surface area contributed by atoms with Crippen LogP contribution in [0.15, 0.2) is 48.5 Å². The van der Waals surface area contributed by atoms with E-state index >= 15 is 0 Å². The topological polar surface area (TPSA) is 66.8 Å². The second-order valence-electron chi connectivity index (χ2n) is 5.93. The van der Waals surface area contributed by atoms with Gasteiger partial charge >= 0.3 is 12.1 Å². The molecule has 0 aliphatic heterocycles. The van der Waals surface area contributed by atoms with Crippen LogP contribution in [0.4, 0.5) is 4.79 Å². The molecule has 0 unspecified atom stereocenters. The van der Waals surface area contributed by atoms with E-state index in [-0.39, 0.29) is 12.5 Å². The number of hydrogen-bond donors (Lipinski definition) is 1. The standard InChI is InChI=1S/C19H19NO4/c1-12(18(21)22)20(2)19(23)24-11-17-15-9-5-3-7-13(15)14-8-4-6-10-16(14)17/h3-10,12,17H,11H2,1-2H3,(H,21,22)/t12-/m0/s1/i19+1. The second-order valence-corrected chi connectivity index (χ2v) is 5.93. The Morgan fingerprint density at radius 2 is 1.58 bits per heavy atom. The molecule has 1 amide bonds. The Labute approximate surface area is 140 Å². The van der Waals surface area contributed by atoms with E-state index in [1.165, 1.54) is 14.0 Å². The molecule has 0 bridgehead atoms. The first-order valence-electron chi connectivity index (χ1n) is 7.81. The van der Waals surface area contributed by atoms with Gasteiger partial charge in [-0.05, 0) is 29.2 Å². The molecule has 5 heteroatoms. The van der Waals surface area contributed by atoms with Crippen molar-refractivity contribution in [1.29, 1.82) is 0 Å². The smallest absolute Gasteiger partial charge is 0.410 e. The number of rotatable bonds is 4. The highest BCUT2D eigenvalue weighted by atomic mass is 16.6. The summed E-state index contributed by atoms with van der Waals surface area (Å²) in [5.41, 5.74) is 4.56. The third-order valence-corrected chi connectivity index (χ3v) is 4.56. The Kier molecular flexibility index (Phi) is 4.25. The van der Waals surface area contributed by atoms with Crippen molar-refractivity contribution in [3.63, 3.8) is 0 Å². The average molecular weight is 326 g/mol. The van der Waals surface area contributed by atoms with Crippen molar-refractivity contribution in [1.82, 2.24) is 4.90 Å². The minimum atomic E-state index is -1.06. The Hall–Kier alpha value is -2.82. The molecule has 3 rings (SSSR count). The van der Waals surface area contributed by atoms with Gasteiger partial charge in [0.15, 0.2) is 0 Å². The molecule has 1 atom stereocenters. The number of likely N-dealkylation sites (N-methyl/N-ethyl adjacent to an activating group) is 1. The number of carboxylic acids is 1. The van der Waals surface area contributed by atoms with Gasteiger partial charge in [0.05, 0.1) is 0 Å². The van der Waals surface area contributed by atoms with Gasteiger partial charge in [-0.25, -0.2) is 9.59 Å². The van der Waals surface area contributed by atoms with Crippen LogP contribution in [0.5, 0.6) is 0 Å². The van der Waals surface area contributed by atoms with Crippen molar-refractivity contribution in [2.45, 2.75) is 18.9 Å². The molecule has 2 aromatic rings. The first-order valence-corrected chi connectivity index (χ1v) is 7.81. The molecule has 1 N–H and O–H groups in total. The van der Waals surface area contributed by atoms with Crippen molar-refractivity contribution >= 4 is 12.1 Å². The van der Waals surface area contributed by atoms with Crippen molar-refractivity contribution in [3.8, 4) is 11.1 Å². The monoisotopic (exact) mass is 326 g/mol. The van der Waals surface area contributed by atoms with Crippen molar-refractivity contribution in [3.05, 3.63) is 59.7 Å². The van der Waals surface area contributed by atoms with E-state index in [4.69, 9.17) is 9.84 Å². The quantitative estimate of drug-likeness (QED) is 0.875. The number of ether oxygens (including phenoxy) is 1. The van der Waals surface area contributed by atoms with Crippen LogP contribution in [0, 0.1) is 0 Å². The molecular formula is C19H19NO4. The number of nitrogens with zero attached hydrogens (tertiary/aromatic N) is 1. The fraction of sp³-hybridized carbons (Fsp3) is 0.263. The van der Waals surface area contributed by atoms with E-state index in [1.807, 2.05) is 36.4 Å². The molecule has 0 saturated carbocycles. The molecule has 1 aliphatic rings. The van der Waals surface area contributed by atoms with Crippen LogP contribution in [0.1, 0.15) is 24.0 Å². The minimum absolute atomic E-state index is 0.0325. The van der Waals surface area contributed by atoms with Gasteiger partial charge in [-0.3, -0.25) is 4.90 Å². The van der Waals surface area contributed by atoms with Crippen LogP contribution in [0.3, 0.4) is 0 Å². The summed E-state index contributed by atoms with van der Waals surface area (Å²) in [4.78, 5) is 24.2. The fourth-order valence-electron chi connectivity index (χ4n) is 3.02. The van der Waals surface area contributed by atoms with Gasteiger partial charge in [-0.15, -0.1) is 0 Å². The summed E-state index contributed by atoms with van der Waals surface area (Å²) < 4.78 is 5.40. The highest BCUT2D eigenvalue weighted by Crippen LogP contribution is 2.44. The van der Waals surface area contributed by atoms with Crippen LogP contribution in [-0.4, -0.2) is 41.8 Å². The molecule has 0 fully saturated rings. The summed E-state index contributed by atoms with van der Waals surface area (Å²) in [6.07, 6.45) is -0.633. The minimum Gasteiger partial charge on any atom is -0.480 e. The molecule has 1 aliphatic carbocycles. The predicted molar refractivity (Wildman–Crippen MR) is 89.9 cm³/mol. The van der Waals surface area contributed by atoms with Crippen LogP contribution < -0.4 is 0 Å². The van der Waals surface area contributed by atoms with Crippen molar-refractivity contribution in [2.75, 3.05) is 13.7 Å². The van der Waals surface area contributed by atoms with Gasteiger partial charge in [0.25, 0.3) is 0 Å². The summed E-state index contributed by atoms with van der Waals surface area (Å²) in [5.74, 6) is -1.10. The molecule has 5 nitrogen and oxygen atoms in total. The van der Waals surface area contributed by atoms with E-state index in [2.05, 4.69) is 12.1 Å². The van der Waals surface area contributed by atoms with E-state index < -0.39 is 18.1 Å². The Morgan fingerprint density at radius 1 is 1.08 bits per heavy atom. The fourth-order valence-corrected chi connectivity index (χ4v) is 3.02. The van der Waals surface area contributed by atoms with Gasteiger partial charge in [0.2, 0.25) is 0 Å². The van der Waals surface area contributed by atoms with Gasteiger partial charge < -0.3 is 9.84 Å². The maximum atomic E-state index is 12.1. The molecule has 124 valence electrons. The van der Waals surface area contributed by atoms with E-state index in [1.54, 1.807) is 0 Å². The Morgan fingerprint density at radius 3 is 2.08 bits per heavy atom. The van der Waals surface area contributed by atoms with E-state index in [0.29, 0.717) is 0 Å². The lowest BCUT2D eigenvalue weighted by molar-refractivity contribution is -0.141. The lowest BCUT2D eigenvalue weighted by atomic mass is 9.98. The summed E-state index contributed by atoms with van der Waals surface area (Å²) in [6, 6.07) is 15.2. The van der Waals surface area contributed by atoms with Gasteiger partial charge in [-0.2, -0.15) is 0 Å².